The largest absolute Gasteiger partial charge is 0.494 e. The third kappa shape index (κ3) is 9.27. The third-order valence-corrected chi connectivity index (χ3v) is 9.89. The third-order valence-electron chi connectivity index (χ3n) is 9.89. The van der Waals surface area contributed by atoms with E-state index < -0.39 is 30.1 Å². The highest BCUT2D eigenvalue weighted by atomic mass is 19.1. The van der Waals surface area contributed by atoms with Crippen LogP contribution in [-0.4, -0.2) is 58.0 Å². The molecular weight excluding hydrogens is 611 g/mol. The maximum absolute atomic E-state index is 14.0. The van der Waals surface area contributed by atoms with Crippen LogP contribution in [0.2, 0.25) is 0 Å². The molecule has 1 aromatic heterocycles. The van der Waals surface area contributed by atoms with Crippen molar-refractivity contribution in [2.45, 2.75) is 71.3 Å². The lowest BCUT2D eigenvalue weighted by Gasteiger charge is -2.35. The minimum Gasteiger partial charge on any atom is -0.494 e. The topological polar surface area (TPSA) is 122 Å². The molecule has 2 aliphatic rings. The number of hydrogen-bond acceptors (Lipinski definition) is 6. The van der Waals surface area contributed by atoms with Gasteiger partial charge < -0.3 is 20.1 Å². The number of nitrogens with one attached hydrogen (secondary N) is 1. The zero-order valence-corrected chi connectivity index (χ0v) is 27.8. The number of benzene rings is 2. The smallest absolute Gasteiger partial charge is 0.323 e. The van der Waals surface area contributed by atoms with Crippen molar-refractivity contribution in [1.82, 2.24) is 20.2 Å². The highest BCUT2D eigenvalue weighted by molar-refractivity contribution is 5.87. The Labute approximate surface area is 281 Å². The van der Waals surface area contributed by atoms with E-state index in [0.29, 0.717) is 11.4 Å². The number of aromatic nitrogens is 2. The Balaban J connectivity index is 1.13. The molecule has 1 heterocycles. The van der Waals surface area contributed by atoms with E-state index in [9.17, 15) is 23.9 Å². The van der Waals surface area contributed by atoms with Gasteiger partial charge in [0.1, 0.15) is 6.54 Å². The molecule has 1 atom stereocenters. The molecule has 2 amide bonds. The lowest BCUT2D eigenvalue weighted by Crippen LogP contribution is -2.42. The summed E-state index contributed by atoms with van der Waals surface area (Å²) >= 11 is 0. The molecule has 0 aliphatic heterocycles. The average molecular weight is 657 g/mol. The van der Waals surface area contributed by atoms with Crippen molar-refractivity contribution >= 4 is 23.4 Å². The van der Waals surface area contributed by atoms with Gasteiger partial charge in [-0.3, -0.25) is 14.4 Å². The average Bonchev–Trinajstić information content (AvgIpc) is 3.11. The maximum Gasteiger partial charge on any atom is 0.323 e. The van der Waals surface area contributed by atoms with Crippen molar-refractivity contribution in [3.63, 3.8) is 0 Å². The van der Waals surface area contributed by atoms with Crippen LogP contribution in [0.1, 0.15) is 75.0 Å². The summed E-state index contributed by atoms with van der Waals surface area (Å²) in [5.74, 6) is 0.435. The molecule has 1 saturated carbocycles. The molecule has 2 aromatic carbocycles. The summed E-state index contributed by atoms with van der Waals surface area (Å²) in [6.07, 6.45) is 16.3. The number of allylic oxidation sites excluding steroid dienone is 2. The van der Waals surface area contributed by atoms with Crippen molar-refractivity contribution in [2.75, 3.05) is 20.2 Å². The summed E-state index contributed by atoms with van der Waals surface area (Å²) in [6, 6.07) is 11.5. The van der Waals surface area contributed by atoms with Crippen molar-refractivity contribution < 1.29 is 28.6 Å². The van der Waals surface area contributed by atoms with Gasteiger partial charge in [0.2, 0.25) is 11.8 Å². The lowest BCUT2D eigenvalue weighted by molar-refractivity contribution is -0.144. The molecule has 254 valence electrons. The summed E-state index contributed by atoms with van der Waals surface area (Å²) in [7, 11) is 1.35. The summed E-state index contributed by atoms with van der Waals surface area (Å²) in [6.45, 7) is 1.44. The Morgan fingerprint density at radius 1 is 0.958 bits per heavy atom. The number of amides is 2. The number of carbonyl (C=O) groups is 3. The van der Waals surface area contributed by atoms with Gasteiger partial charge in [-0.2, -0.15) is 0 Å². The second-order valence-corrected chi connectivity index (χ2v) is 13.0. The molecule has 3 aromatic rings. The highest BCUT2D eigenvalue weighted by Crippen LogP contribution is 2.41. The van der Waals surface area contributed by atoms with Gasteiger partial charge >= 0.3 is 5.97 Å². The van der Waals surface area contributed by atoms with Crippen molar-refractivity contribution in [2.24, 2.45) is 17.8 Å². The van der Waals surface area contributed by atoms with Crippen LogP contribution in [0.25, 0.3) is 17.0 Å². The number of ether oxygens (including phenoxy) is 1. The molecule has 0 radical (unpaired) electrons. The molecule has 48 heavy (non-hydrogen) atoms. The summed E-state index contributed by atoms with van der Waals surface area (Å²) in [4.78, 5) is 47.2. The number of methoxy groups -OCH3 is 1. The van der Waals surface area contributed by atoms with E-state index in [2.05, 4.69) is 28.3 Å². The first-order valence-corrected chi connectivity index (χ1v) is 16.9. The number of hydrogen-bond donors (Lipinski definition) is 2. The Kier molecular flexibility index (Phi) is 11.9. The van der Waals surface area contributed by atoms with Gasteiger partial charge in [0.15, 0.2) is 17.4 Å². The number of nitrogens with zero attached hydrogens (tertiary/aromatic N) is 3. The van der Waals surface area contributed by atoms with E-state index in [-0.39, 0.29) is 25.3 Å². The minimum atomic E-state index is -1.17. The summed E-state index contributed by atoms with van der Waals surface area (Å²) in [5.41, 5.74) is 4.33. The predicted octanol–water partition coefficient (Wildman–Crippen LogP) is 6.46. The fourth-order valence-electron chi connectivity index (χ4n) is 6.98. The van der Waals surface area contributed by atoms with E-state index in [4.69, 9.17) is 4.74 Å². The number of halogens is 1. The Hall–Kier alpha value is -4.60. The molecule has 0 bridgehead atoms. The molecular formula is C38H45FN4O5. The van der Waals surface area contributed by atoms with Crippen LogP contribution in [0.3, 0.4) is 0 Å². The summed E-state index contributed by atoms with van der Waals surface area (Å²) in [5, 5.41) is 11.9. The van der Waals surface area contributed by atoms with Crippen LogP contribution in [0, 0.1) is 23.6 Å². The second kappa shape index (κ2) is 16.5. The van der Waals surface area contributed by atoms with Crippen molar-refractivity contribution in [1.29, 1.82) is 0 Å². The van der Waals surface area contributed by atoms with E-state index in [1.54, 1.807) is 6.07 Å². The van der Waals surface area contributed by atoms with Crippen LogP contribution in [0.4, 0.5) is 4.39 Å². The predicted molar refractivity (Wildman–Crippen MR) is 181 cm³/mol. The van der Waals surface area contributed by atoms with Gasteiger partial charge in [-0.25, -0.2) is 14.4 Å². The van der Waals surface area contributed by atoms with Gasteiger partial charge in [0.25, 0.3) is 0 Å². The van der Waals surface area contributed by atoms with Crippen molar-refractivity contribution in [3.05, 3.63) is 83.4 Å². The first-order valence-electron chi connectivity index (χ1n) is 16.9. The molecule has 5 rings (SSSR count). The summed E-state index contributed by atoms with van der Waals surface area (Å²) < 4.78 is 18.8. The van der Waals surface area contributed by atoms with Gasteiger partial charge in [-0.05, 0) is 78.7 Å². The van der Waals surface area contributed by atoms with E-state index in [1.165, 1.54) is 63.3 Å². The SMILES string of the molecule is CC[C@H]1CC[C@H](C2CC=C(c3cnc(-c4ccc(CN(CC(=O)O)C(=O)CNC(=O)Cc5ccc(OC)c(F)c5)cc4)nc3)CC2)CC1. The lowest BCUT2D eigenvalue weighted by atomic mass is 9.71. The molecule has 0 saturated heterocycles. The number of carboxylic acids is 1. The van der Waals surface area contributed by atoms with Gasteiger partial charge in [0, 0.05) is 30.1 Å². The maximum atomic E-state index is 14.0. The Morgan fingerprint density at radius 2 is 1.67 bits per heavy atom. The fourth-order valence-corrected chi connectivity index (χ4v) is 6.98. The number of rotatable bonds is 13. The van der Waals surface area contributed by atoms with E-state index in [1.807, 2.05) is 36.7 Å². The van der Waals surface area contributed by atoms with Crippen LogP contribution in [-0.2, 0) is 27.3 Å². The monoisotopic (exact) mass is 656 g/mol. The van der Waals surface area contributed by atoms with Crippen LogP contribution in [0.15, 0.2) is 60.9 Å². The first kappa shape index (κ1) is 34.7. The fraction of sp³-hybridized carbons (Fsp3) is 0.447. The number of aliphatic carboxylic acids is 1. The molecule has 9 nitrogen and oxygen atoms in total. The zero-order chi connectivity index (χ0) is 34.0. The Morgan fingerprint density at radius 3 is 2.27 bits per heavy atom. The van der Waals surface area contributed by atoms with Crippen LogP contribution in [0.5, 0.6) is 5.75 Å². The van der Waals surface area contributed by atoms with Crippen LogP contribution >= 0.6 is 0 Å². The van der Waals surface area contributed by atoms with Crippen molar-refractivity contribution in [3.8, 4) is 17.1 Å². The first-order chi connectivity index (χ1) is 23.2. The normalized spacial score (nSPS) is 19.2. The standard InChI is InChI=1S/C38H45FN4O5/c1-3-25-4-9-28(10-5-25)29-13-15-30(16-14-29)32-20-41-38(42-21-32)31-11-6-26(7-12-31)23-43(24-37(46)47)36(45)22-40-35(44)19-27-8-17-34(48-2)33(39)18-27/h6-8,11-12,15,17-18,20-21,25,28-29H,3-5,9-10,13-14,16,19,22-24H2,1-2H3,(H,40,44)(H,46,47)/t25-,28-,29?. The molecule has 10 heteroatoms. The van der Waals surface area contributed by atoms with Gasteiger partial charge in [-0.1, -0.05) is 62.6 Å². The number of carbonyl (C=O) groups excluding carboxylic acids is 2. The minimum absolute atomic E-state index is 0.0416. The quantitative estimate of drug-likeness (QED) is 0.217. The number of carboxylic acid groups (broad SMARTS) is 1. The zero-order valence-electron chi connectivity index (χ0n) is 27.8. The molecule has 1 unspecified atom stereocenters. The molecule has 2 aliphatic carbocycles. The Bertz CT molecular complexity index is 1600. The molecule has 0 spiro atoms. The second-order valence-electron chi connectivity index (χ2n) is 13.0. The highest BCUT2D eigenvalue weighted by Gasteiger charge is 2.28. The van der Waals surface area contributed by atoms with Gasteiger partial charge in [-0.15, -0.1) is 0 Å². The van der Waals surface area contributed by atoms with Crippen LogP contribution < -0.4 is 10.1 Å². The van der Waals surface area contributed by atoms with E-state index in [0.717, 1.165) is 52.2 Å². The molecule has 1 fully saturated rings. The van der Waals surface area contributed by atoms with Gasteiger partial charge in [0.05, 0.1) is 20.1 Å². The van der Waals surface area contributed by atoms with E-state index >= 15 is 0 Å². The molecule has 2 N–H and O–H groups in total.